The first-order valence-electron chi connectivity index (χ1n) is 9.07. The maximum absolute atomic E-state index is 12.5. The van der Waals surface area contributed by atoms with Gasteiger partial charge in [0, 0.05) is 23.4 Å². The van der Waals surface area contributed by atoms with Crippen LogP contribution in [0.3, 0.4) is 0 Å². The number of carbonyl (C=O) groups is 2. The van der Waals surface area contributed by atoms with E-state index in [4.69, 9.17) is 4.74 Å². The smallest absolute Gasteiger partial charge is 0.255 e. The number of amides is 2. The van der Waals surface area contributed by atoms with E-state index >= 15 is 0 Å². The highest BCUT2D eigenvalue weighted by Gasteiger charge is 2.11. The van der Waals surface area contributed by atoms with Gasteiger partial charge in [0.2, 0.25) is 0 Å². The topological polar surface area (TPSA) is 70.7 Å². The standard InChI is InChI=1S/C21H27N3O3/c1-4-27-19-11-9-18(10-12-19)23-21(26)17-8-5-7-16(15-17)20(25)22-13-6-14-24(2)3/h5,7-12,15H,4,6,13-14H2,1-3H3,(H,22,25)(H,23,26). The summed E-state index contributed by atoms with van der Waals surface area (Å²) in [7, 11) is 3.99. The number of ether oxygens (including phenoxy) is 1. The van der Waals surface area contributed by atoms with Gasteiger partial charge in [-0.2, -0.15) is 0 Å². The molecule has 0 saturated heterocycles. The lowest BCUT2D eigenvalue weighted by atomic mass is 10.1. The summed E-state index contributed by atoms with van der Waals surface area (Å²) in [5, 5.41) is 5.70. The molecule has 2 aromatic rings. The van der Waals surface area contributed by atoms with Gasteiger partial charge in [-0.3, -0.25) is 9.59 Å². The van der Waals surface area contributed by atoms with Crippen LogP contribution in [0.5, 0.6) is 5.75 Å². The lowest BCUT2D eigenvalue weighted by molar-refractivity contribution is 0.0952. The Morgan fingerprint density at radius 1 is 1.00 bits per heavy atom. The van der Waals surface area contributed by atoms with Gasteiger partial charge in [-0.1, -0.05) is 6.07 Å². The highest BCUT2D eigenvalue weighted by atomic mass is 16.5. The van der Waals surface area contributed by atoms with E-state index in [-0.39, 0.29) is 11.8 Å². The van der Waals surface area contributed by atoms with Crippen LogP contribution in [0.2, 0.25) is 0 Å². The van der Waals surface area contributed by atoms with E-state index in [0.717, 1.165) is 18.7 Å². The second-order valence-electron chi connectivity index (χ2n) is 6.41. The molecule has 0 aromatic heterocycles. The van der Waals surface area contributed by atoms with Crippen LogP contribution >= 0.6 is 0 Å². The maximum atomic E-state index is 12.5. The highest BCUT2D eigenvalue weighted by molar-refractivity contribution is 6.06. The van der Waals surface area contributed by atoms with Crippen molar-refractivity contribution >= 4 is 17.5 Å². The normalized spacial score (nSPS) is 10.5. The molecule has 0 bridgehead atoms. The lowest BCUT2D eigenvalue weighted by Crippen LogP contribution is -2.27. The van der Waals surface area contributed by atoms with Crippen molar-refractivity contribution < 1.29 is 14.3 Å². The van der Waals surface area contributed by atoms with Crippen LogP contribution < -0.4 is 15.4 Å². The fraction of sp³-hybridized carbons (Fsp3) is 0.333. The number of hydrogen-bond donors (Lipinski definition) is 2. The number of benzene rings is 2. The molecular weight excluding hydrogens is 342 g/mol. The third-order valence-corrected chi connectivity index (χ3v) is 3.88. The molecule has 27 heavy (non-hydrogen) atoms. The molecule has 2 rings (SSSR count). The fourth-order valence-corrected chi connectivity index (χ4v) is 2.51. The van der Waals surface area contributed by atoms with E-state index in [2.05, 4.69) is 15.5 Å². The molecular formula is C21H27N3O3. The molecule has 2 N–H and O–H groups in total. The lowest BCUT2D eigenvalue weighted by Gasteiger charge is -2.10. The average Bonchev–Trinajstić information content (AvgIpc) is 2.66. The van der Waals surface area contributed by atoms with Crippen LogP contribution in [0.4, 0.5) is 5.69 Å². The summed E-state index contributed by atoms with van der Waals surface area (Å²) in [6.45, 7) is 4.02. The van der Waals surface area contributed by atoms with Crippen molar-refractivity contribution in [2.45, 2.75) is 13.3 Å². The minimum atomic E-state index is -0.263. The Morgan fingerprint density at radius 3 is 2.30 bits per heavy atom. The van der Waals surface area contributed by atoms with Crippen molar-refractivity contribution in [1.82, 2.24) is 10.2 Å². The van der Waals surface area contributed by atoms with Crippen LogP contribution in [0.15, 0.2) is 48.5 Å². The van der Waals surface area contributed by atoms with E-state index in [1.807, 2.05) is 21.0 Å². The summed E-state index contributed by atoms with van der Waals surface area (Å²) in [6, 6.07) is 13.9. The van der Waals surface area contributed by atoms with Gasteiger partial charge in [-0.15, -0.1) is 0 Å². The molecule has 0 radical (unpaired) electrons. The molecule has 0 aliphatic heterocycles. The first-order valence-corrected chi connectivity index (χ1v) is 9.07. The second-order valence-corrected chi connectivity index (χ2v) is 6.41. The summed E-state index contributed by atoms with van der Waals surface area (Å²) in [5.41, 5.74) is 1.58. The van der Waals surface area contributed by atoms with Crippen molar-refractivity contribution in [3.63, 3.8) is 0 Å². The predicted molar refractivity (Wildman–Crippen MR) is 108 cm³/mol. The average molecular weight is 369 g/mol. The van der Waals surface area contributed by atoms with Crippen molar-refractivity contribution in [2.24, 2.45) is 0 Å². The van der Waals surface area contributed by atoms with Gasteiger partial charge >= 0.3 is 0 Å². The molecule has 6 heteroatoms. The Balaban J connectivity index is 1.95. The van der Waals surface area contributed by atoms with Crippen molar-refractivity contribution in [3.8, 4) is 5.75 Å². The highest BCUT2D eigenvalue weighted by Crippen LogP contribution is 2.16. The van der Waals surface area contributed by atoms with Crippen molar-refractivity contribution in [2.75, 3.05) is 39.1 Å². The predicted octanol–water partition coefficient (Wildman–Crippen LogP) is 3.02. The van der Waals surface area contributed by atoms with Gasteiger partial charge in [0.1, 0.15) is 5.75 Å². The zero-order chi connectivity index (χ0) is 19.6. The zero-order valence-corrected chi connectivity index (χ0v) is 16.1. The summed E-state index contributed by atoms with van der Waals surface area (Å²) in [4.78, 5) is 26.8. The van der Waals surface area contributed by atoms with E-state index in [9.17, 15) is 9.59 Å². The first kappa shape index (κ1) is 20.5. The van der Waals surface area contributed by atoms with Crippen LogP contribution in [0.1, 0.15) is 34.1 Å². The van der Waals surface area contributed by atoms with Crippen LogP contribution in [-0.2, 0) is 0 Å². The second kappa shape index (κ2) is 10.3. The molecule has 0 saturated carbocycles. The summed E-state index contributed by atoms with van der Waals surface area (Å²) in [6.07, 6.45) is 0.872. The Labute approximate surface area is 160 Å². The molecule has 2 amide bonds. The van der Waals surface area contributed by atoms with Crippen LogP contribution in [0.25, 0.3) is 0 Å². The minimum absolute atomic E-state index is 0.176. The fourth-order valence-electron chi connectivity index (χ4n) is 2.51. The Bertz CT molecular complexity index is 758. The van der Waals surface area contributed by atoms with E-state index in [1.54, 1.807) is 48.5 Å². The van der Waals surface area contributed by atoms with E-state index < -0.39 is 0 Å². The maximum Gasteiger partial charge on any atom is 0.255 e. The summed E-state index contributed by atoms with van der Waals surface area (Å²) in [5.74, 6) is 0.314. The third-order valence-electron chi connectivity index (χ3n) is 3.88. The molecule has 0 atom stereocenters. The molecule has 0 unspecified atom stereocenters. The number of nitrogens with one attached hydrogen (secondary N) is 2. The molecule has 2 aromatic carbocycles. The van der Waals surface area contributed by atoms with Gasteiger partial charge in [0.15, 0.2) is 0 Å². The van der Waals surface area contributed by atoms with Gasteiger partial charge in [-0.25, -0.2) is 0 Å². The third kappa shape index (κ3) is 6.75. The summed E-state index contributed by atoms with van der Waals surface area (Å²) >= 11 is 0. The zero-order valence-electron chi connectivity index (χ0n) is 16.1. The molecule has 0 fully saturated rings. The SMILES string of the molecule is CCOc1ccc(NC(=O)c2cccc(C(=O)NCCCN(C)C)c2)cc1. The van der Waals surface area contributed by atoms with Crippen molar-refractivity contribution in [3.05, 3.63) is 59.7 Å². The minimum Gasteiger partial charge on any atom is -0.494 e. The van der Waals surface area contributed by atoms with E-state index in [1.165, 1.54) is 0 Å². The Hall–Kier alpha value is -2.86. The quantitative estimate of drug-likeness (QED) is 0.667. The number of carbonyl (C=O) groups excluding carboxylic acids is 2. The number of nitrogens with zero attached hydrogens (tertiary/aromatic N) is 1. The Kier molecular flexibility index (Phi) is 7.82. The van der Waals surface area contributed by atoms with Gasteiger partial charge in [0.05, 0.1) is 6.61 Å². The Morgan fingerprint density at radius 2 is 1.67 bits per heavy atom. The number of rotatable bonds is 9. The van der Waals surface area contributed by atoms with E-state index in [0.29, 0.717) is 30.0 Å². The largest absolute Gasteiger partial charge is 0.494 e. The van der Waals surface area contributed by atoms with Gasteiger partial charge in [0.25, 0.3) is 11.8 Å². The monoisotopic (exact) mass is 369 g/mol. The van der Waals surface area contributed by atoms with Crippen LogP contribution in [0, 0.1) is 0 Å². The number of anilines is 1. The van der Waals surface area contributed by atoms with Gasteiger partial charge in [-0.05, 0) is 76.4 Å². The summed E-state index contributed by atoms with van der Waals surface area (Å²) < 4.78 is 5.39. The van der Waals surface area contributed by atoms with Crippen LogP contribution in [-0.4, -0.2) is 50.5 Å². The first-order chi connectivity index (χ1) is 13.0. The molecule has 0 heterocycles. The molecule has 6 nitrogen and oxygen atoms in total. The molecule has 144 valence electrons. The van der Waals surface area contributed by atoms with Gasteiger partial charge < -0.3 is 20.3 Å². The molecule has 0 spiro atoms. The number of hydrogen-bond acceptors (Lipinski definition) is 4. The van der Waals surface area contributed by atoms with Crippen molar-refractivity contribution in [1.29, 1.82) is 0 Å². The molecule has 0 aliphatic carbocycles. The molecule has 0 aliphatic rings.